The predicted molar refractivity (Wildman–Crippen MR) is 133 cm³/mol. The van der Waals surface area contributed by atoms with Crippen LogP contribution in [0, 0.1) is 0 Å². The predicted octanol–water partition coefficient (Wildman–Crippen LogP) is 4.57. The molecule has 0 atom stereocenters. The maximum atomic E-state index is 10.9. The molecule has 0 aliphatic carbocycles. The zero-order valence-electron chi connectivity index (χ0n) is 22.0. The lowest BCUT2D eigenvalue weighted by Gasteiger charge is -2.08. The molecule has 0 rings (SSSR count). The second kappa shape index (κ2) is 30.3. The number of unbranched alkanes of at least 4 members (excludes halogenated alkanes) is 9. The van der Waals surface area contributed by atoms with Crippen molar-refractivity contribution in [3.63, 3.8) is 0 Å². The van der Waals surface area contributed by atoms with Crippen molar-refractivity contribution in [1.29, 1.82) is 0 Å². The van der Waals surface area contributed by atoms with Crippen LogP contribution in [0.3, 0.4) is 0 Å². The number of esters is 1. The van der Waals surface area contributed by atoms with Crippen molar-refractivity contribution in [2.45, 2.75) is 77.6 Å². The van der Waals surface area contributed by atoms with Crippen LogP contribution in [0.1, 0.15) is 77.6 Å². The Kier molecular flexibility index (Phi) is 29.6. The van der Waals surface area contributed by atoms with E-state index in [1.54, 1.807) is 0 Å². The summed E-state index contributed by atoms with van der Waals surface area (Å²) in [7, 11) is 1.36. The number of ether oxygens (including phenoxy) is 7. The first kappa shape index (κ1) is 33.2. The Bertz CT molecular complexity index is 395. The van der Waals surface area contributed by atoms with Gasteiger partial charge in [0.1, 0.15) is 0 Å². The molecule has 0 aliphatic rings. The van der Waals surface area contributed by atoms with Crippen LogP contribution in [-0.4, -0.2) is 92.4 Å². The van der Waals surface area contributed by atoms with Crippen molar-refractivity contribution in [3.05, 3.63) is 0 Å². The minimum atomic E-state index is -0.271. The highest BCUT2D eigenvalue weighted by molar-refractivity contribution is 5.69. The molecule has 8 nitrogen and oxygen atoms in total. The van der Waals surface area contributed by atoms with E-state index in [2.05, 4.69) is 11.7 Å². The highest BCUT2D eigenvalue weighted by Gasteiger charge is 1.99. The van der Waals surface area contributed by atoms with Crippen LogP contribution in [0.2, 0.25) is 0 Å². The molecular formula is C26H52O8. The number of hydrogen-bond acceptors (Lipinski definition) is 8. The number of rotatable bonds is 29. The van der Waals surface area contributed by atoms with Gasteiger partial charge in [-0.25, -0.2) is 0 Å². The second-order valence-corrected chi connectivity index (χ2v) is 8.18. The fourth-order valence-electron chi connectivity index (χ4n) is 3.15. The third kappa shape index (κ3) is 29.3. The van der Waals surface area contributed by atoms with Crippen LogP contribution < -0.4 is 0 Å². The summed E-state index contributed by atoms with van der Waals surface area (Å²) in [5, 5.41) is 0. The van der Waals surface area contributed by atoms with Gasteiger partial charge in [-0.1, -0.05) is 64.7 Å². The molecule has 0 radical (unpaired) electrons. The second-order valence-electron chi connectivity index (χ2n) is 8.18. The average Bonchev–Trinajstić information content (AvgIpc) is 2.85. The van der Waals surface area contributed by atoms with Crippen LogP contribution in [0.15, 0.2) is 0 Å². The maximum Gasteiger partial charge on any atom is 0.307 e. The first-order valence-corrected chi connectivity index (χ1v) is 13.3. The lowest BCUT2D eigenvalue weighted by atomic mass is 10.1. The quantitative estimate of drug-likeness (QED) is 0.111. The van der Waals surface area contributed by atoms with E-state index in [0.717, 1.165) is 13.0 Å². The molecular weight excluding hydrogens is 440 g/mol. The zero-order valence-corrected chi connectivity index (χ0v) is 22.0. The molecule has 0 aliphatic heterocycles. The van der Waals surface area contributed by atoms with E-state index in [1.165, 1.54) is 64.9 Å². The monoisotopic (exact) mass is 492 g/mol. The van der Waals surface area contributed by atoms with Gasteiger partial charge in [0.25, 0.3) is 0 Å². The lowest BCUT2D eigenvalue weighted by Crippen LogP contribution is -2.14. The number of methoxy groups -OCH3 is 1. The standard InChI is InChI=1S/C26H52O8/c1-3-4-5-6-7-8-9-10-11-12-14-29-16-18-31-20-22-33-24-25-34-23-21-32-19-17-30-15-13-26(27)28-2/h3-25H2,1-2H3. The Balaban J connectivity index is 3.02. The summed E-state index contributed by atoms with van der Waals surface area (Å²) in [4.78, 5) is 10.9. The van der Waals surface area contributed by atoms with Gasteiger partial charge in [0.15, 0.2) is 0 Å². The minimum absolute atomic E-state index is 0.262. The highest BCUT2D eigenvalue weighted by atomic mass is 16.6. The van der Waals surface area contributed by atoms with Crippen LogP contribution >= 0.6 is 0 Å². The number of hydrogen-bond donors (Lipinski definition) is 0. The number of carbonyl (C=O) groups is 1. The molecule has 8 heteroatoms. The molecule has 0 unspecified atom stereocenters. The molecule has 0 saturated carbocycles. The van der Waals surface area contributed by atoms with E-state index in [4.69, 9.17) is 28.4 Å². The SMILES string of the molecule is CCCCCCCCCCCCOCCOCCOCCOCCOCCOCCC(=O)OC. The molecule has 0 saturated heterocycles. The van der Waals surface area contributed by atoms with Gasteiger partial charge in [-0.2, -0.15) is 0 Å². The van der Waals surface area contributed by atoms with E-state index in [1.807, 2.05) is 0 Å². The van der Waals surface area contributed by atoms with E-state index < -0.39 is 0 Å². The van der Waals surface area contributed by atoms with E-state index in [0.29, 0.717) is 72.7 Å². The highest BCUT2D eigenvalue weighted by Crippen LogP contribution is 2.10. The molecule has 0 fully saturated rings. The first-order chi connectivity index (χ1) is 16.8. The minimum Gasteiger partial charge on any atom is -0.469 e. The van der Waals surface area contributed by atoms with E-state index >= 15 is 0 Å². The van der Waals surface area contributed by atoms with Crippen molar-refractivity contribution in [2.24, 2.45) is 0 Å². The Morgan fingerprint density at radius 2 is 0.765 bits per heavy atom. The first-order valence-electron chi connectivity index (χ1n) is 13.3. The Morgan fingerprint density at radius 3 is 1.15 bits per heavy atom. The van der Waals surface area contributed by atoms with Gasteiger partial charge in [-0.15, -0.1) is 0 Å². The fraction of sp³-hybridized carbons (Fsp3) is 0.962. The molecule has 0 heterocycles. The van der Waals surface area contributed by atoms with Crippen molar-refractivity contribution in [2.75, 3.05) is 86.4 Å². The summed E-state index contributed by atoms with van der Waals surface area (Å²) in [6.45, 7) is 8.84. The molecule has 0 bridgehead atoms. The summed E-state index contributed by atoms with van der Waals surface area (Å²) < 4.78 is 37.2. The van der Waals surface area contributed by atoms with Gasteiger partial charge in [0, 0.05) is 6.61 Å². The Hall–Kier alpha value is -0.770. The normalized spacial score (nSPS) is 11.2. The van der Waals surface area contributed by atoms with Gasteiger partial charge in [-0.3, -0.25) is 4.79 Å². The fourth-order valence-corrected chi connectivity index (χ4v) is 3.15. The third-order valence-electron chi connectivity index (χ3n) is 5.18. The van der Waals surface area contributed by atoms with Gasteiger partial charge in [0.05, 0.1) is 86.2 Å². The molecule has 0 aromatic carbocycles. The zero-order chi connectivity index (χ0) is 24.8. The molecule has 34 heavy (non-hydrogen) atoms. The summed E-state index contributed by atoms with van der Waals surface area (Å²) in [6, 6.07) is 0. The van der Waals surface area contributed by atoms with E-state index in [-0.39, 0.29) is 12.4 Å². The van der Waals surface area contributed by atoms with Crippen LogP contribution in [-0.2, 0) is 38.0 Å². The van der Waals surface area contributed by atoms with Crippen LogP contribution in [0.4, 0.5) is 0 Å². The van der Waals surface area contributed by atoms with Crippen LogP contribution in [0.5, 0.6) is 0 Å². The summed E-state index contributed by atoms with van der Waals surface area (Å²) in [6.07, 6.45) is 13.7. The maximum absolute atomic E-state index is 10.9. The number of carbonyl (C=O) groups excluding carboxylic acids is 1. The summed E-state index contributed by atoms with van der Waals surface area (Å²) in [5.41, 5.74) is 0. The van der Waals surface area contributed by atoms with Crippen molar-refractivity contribution in [3.8, 4) is 0 Å². The largest absolute Gasteiger partial charge is 0.469 e. The molecule has 0 amide bonds. The van der Waals surface area contributed by atoms with Gasteiger partial charge >= 0.3 is 5.97 Å². The molecule has 0 aromatic rings. The molecule has 0 aromatic heterocycles. The Morgan fingerprint density at radius 1 is 0.441 bits per heavy atom. The summed E-state index contributed by atoms with van der Waals surface area (Å²) >= 11 is 0. The van der Waals surface area contributed by atoms with Gasteiger partial charge < -0.3 is 33.2 Å². The van der Waals surface area contributed by atoms with Gasteiger partial charge in [-0.05, 0) is 6.42 Å². The molecule has 204 valence electrons. The lowest BCUT2D eigenvalue weighted by molar-refractivity contribution is -0.141. The van der Waals surface area contributed by atoms with Crippen molar-refractivity contribution in [1.82, 2.24) is 0 Å². The van der Waals surface area contributed by atoms with Crippen LogP contribution in [0.25, 0.3) is 0 Å². The molecule has 0 spiro atoms. The van der Waals surface area contributed by atoms with Crippen molar-refractivity contribution >= 4 is 5.97 Å². The smallest absolute Gasteiger partial charge is 0.307 e. The third-order valence-corrected chi connectivity index (χ3v) is 5.18. The van der Waals surface area contributed by atoms with Crippen molar-refractivity contribution < 1.29 is 38.0 Å². The van der Waals surface area contributed by atoms with E-state index in [9.17, 15) is 4.79 Å². The Labute approximate surface area is 208 Å². The topological polar surface area (TPSA) is 81.7 Å². The summed E-state index contributed by atoms with van der Waals surface area (Å²) in [5.74, 6) is -0.271. The molecule has 0 N–H and O–H groups in total. The average molecular weight is 493 g/mol. The van der Waals surface area contributed by atoms with Gasteiger partial charge in [0.2, 0.25) is 0 Å².